The molecule has 4 nitrogen and oxygen atoms in total. The predicted molar refractivity (Wildman–Crippen MR) is 96.0 cm³/mol. The first kappa shape index (κ1) is 15.8. The summed E-state index contributed by atoms with van der Waals surface area (Å²) in [5.41, 5.74) is 1.34. The summed E-state index contributed by atoms with van der Waals surface area (Å²) in [6.07, 6.45) is 3.61. The molecule has 0 aliphatic carbocycles. The van der Waals surface area contributed by atoms with E-state index in [0.29, 0.717) is 6.10 Å². The van der Waals surface area contributed by atoms with Gasteiger partial charge >= 0.3 is 0 Å². The Morgan fingerprint density at radius 2 is 2.04 bits per heavy atom. The summed E-state index contributed by atoms with van der Waals surface area (Å²) in [4.78, 5) is 4.27. The average Bonchev–Trinajstić information content (AvgIpc) is 3.11. The summed E-state index contributed by atoms with van der Waals surface area (Å²) in [6, 6.07) is 15.1. The third-order valence-electron chi connectivity index (χ3n) is 4.26. The Morgan fingerprint density at radius 3 is 2.83 bits per heavy atom. The minimum Gasteiger partial charge on any atom is -0.376 e. The Hall–Kier alpha value is -2.07. The zero-order valence-corrected chi connectivity index (χ0v) is 13.7. The molecular formula is C19H25N3O. The number of aliphatic imine (C=N–C) groups is 1. The van der Waals surface area contributed by atoms with Crippen molar-refractivity contribution in [3.63, 3.8) is 0 Å². The highest BCUT2D eigenvalue weighted by atomic mass is 16.5. The van der Waals surface area contributed by atoms with Crippen LogP contribution in [0.4, 0.5) is 0 Å². The van der Waals surface area contributed by atoms with E-state index in [0.717, 1.165) is 38.5 Å². The first-order chi connectivity index (χ1) is 11.3. The van der Waals surface area contributed by atoms with Gasteiger partial charge in [-0.2, -0.15) is 0 Å². The fourth-order valence-electron chi connectivity index (χ4n) is 2.96. The molecule has 1 aliphatic rings. The van der Waals surface area contributed by atoms with Crippen LogP contribution in [-0.2, 0) is 11.2 Å². The van der Waals surface area contributed by atoms with E-state index in [1.54, 1.807) is 7.05 Å². The third-order valence-corrected chi connectivity index (χ3v) is 4.26. The van der Waals surface area contributed by atoms with E-state index in [-0.39, 0.29) is 0 Å². The lowest BCUT2D eigenvalue weighted by Crippen LogP contribution is -2.41. The molecule has 23 heavy (non-hydrogen) atoms. The summed E-state index contributed by atoms with van der Waals surface area (Å²) in [5, 5.41) is 9.30. The highest BCUT2D eigenvalue weighted by Crippen LogP contribution is 2.15. The van der Waals surface area contributed by atoms with Crippen molar-refractivity contribution in [1.29, 1.82) is 0 Å². The highest BCUT2D eigenvalue weighted by molar-refractivity contribution is 5.83. The van der Waals surface area contributed by atoms with Crippen LogP contribution in [0.15, 0.2) is 47.5 Å². The van der Waals surface area contributed by atoms with Gasteiger partial charge in [-0.25, -0.2) is 0 Å². The van der Waals surface area contributed by atoms with Gasteiger partial charge in [0.05, 0.1) is 6.10 Å². The molecule has 1 atom stereocenters. The molecule has 0 radical (unpaired) electrons. The van der Waals surface area contributed by atoms with Gasteiger partial charge in [0, 0.05) is 26.7 Å². The molecule has 4 heteroatoms. The summed E-state index contributed by atoms with van der Waals surface area (Å²) in [6.45, 7) is 2.58. The first-order valence-electron chi connectivity index (χ1n) is 8.39. The Balaban J connectivity index is 1.46. The molecule has 122 valence electrons. The molecular weight excluding hydrogens is 286 g/mol. The second kappa shape index (κ2) is 7.97. The Labute approximate surface area is 138 Å². The smallest absolute Gasteiger partial charge is 0.191 e. The van der Waals surface area contributed by atoms with Gasteiger partial charge < -0.3 is 15.4 Å². The molecule has 2 aromatic carbocycles. The molecule has 2 N–H and O–H groups in total. The normalized spacial score (nSPS) is 18.3. The maximum Gasteiger partial charge on any atom is 0.191 e. The van der Waals surface area contributed by atoms with Crippen molar-refractivity contribution in [2.75, 3.05) is 26.7 Å². The van der Waals surface area contributed by atoms with Crippen LogP contribution >= 0.6 is 0 Å². The van der Waals surface area contributed by atoms with Crippen molar-refractivity contribution in [3.05, 3.63) is 48.0 Å². The SMILES string of the molecule is CN=C(NCCc1ccc2ccccc2c1)NCC1CCCO1. The fraction of sp³-hybridized carbons (Fsp3) is 0.421. The average molecular weight is 311 g/mol. The van der Waals surface area contributed by atoms with E-state index in [1.165, 1.54) is 22.8 Å². The number of rotatable bonds is 5. The zero-order valence-electron chi connectivity index (χ0n) is 13.7. The standard InChI is InChI=1S/C19H25N3O/c1-20-19(22-14-18-7-4-12-23-18)21-11-10-15-8-9-16-5-2-3-6-17(16)13-15/h2-3,5-6,8-9,13,18H,4,7,10-12,14H2,1H3,(H2,20,21,22). The summed E-state index contributed by atoms with van der Waals surface area (Å²) >= 11 is 0. The summed E-state index contributed by atoms with van der Waals surface area (Å²) in [7, 11) is 1.81. The highest BCUT2D eigenvalue weighted by Gasteiger charge is 2.15. The molecule has 0 aromatic heterocycles. The number of hydrogen-bond acceptors (Lipinski definition) is 2. The van der Waals surface area contributed by atoms with Gasteiger partial charge in [0.15, 0.2) is 5.96 Å². The van der Waals surface area contributed by atoms with E-state index < -0.39 is 0 Å². The minimum absolute atomic E-state index is 0.328. The van der Waals surface area contributed by atoms with Crippen molar-refractivity contribution in [3.8, 4) is 0 Å². The number of hydrogen-bond donors (Lipinski definition) is 2. The van der Waals surface area contributed by atoms with Gasteiger partial charge in [0.1, 0.15) is 0 Å². The third kappa shape index (κ3) is 4.45. The minimum atomic E-state index is 0.328. The zero-order chi connectivity index (χ0) is 15.9. The van der Waals surface area contributed by atoms with Crippen molar-refractivity contribution in [1.82, 2.24) is 10.6 Å². The number of ether oxygens (including phenoxy) is 1. The molecule has 0 amide bonds. The van der Waals surface area contributed by atoms with E-state index in [1.807, 2.05) is 0 Å². The molecule has 1 saturated heterocycles. The van der Waals surface area contributed by atoms with Crippen LogP contribution in [-0.4, -0.2) is 38.8 Å². The van der Waals surface area contributed by atoms with Gasteiger partial charge in [-0.15, -0.1) is 0 Å². The lowest BCUT2D eigenvalue weighted by molar-refractivity contribution is 0.114. The lowest BCUT2D eigenvalue weighted by atomic mass is 10.1. The van der Waals surface area contributed by atoms with Crippen molar-refractivity contribution < 1.29 is 4.74 Å². The van der Waals surface area contributed by atoms with Crippen LogP contribution in [0.25, 0.3) is 10.8 Å². The molecule has 1 heterocycles. The number of fused-ring (bicyclic) bond motifs is 1. The van der Waals surface area contributed by atoms with Crippen LogP contribution in [0, 0.1) is 0 Å². The van der Waals surface area contributed by atoms with E-state index >= 15 is 0 Å². The monoisotopic (exact) mass is 311 g/mol. The van der Waals surface area contributed by atoms with Crippen LogP contribution in [0.2, 0.25) is 0 Å². The first-order valence-corrected chi connectivity index (χ1v) is 8.39. The van der Waals surface area contributed by atoms with Crippen LogP contribution in [0.5, 0.6) is 0 Å². The van der Waals surface area contributed by atoms with E-state index in [4.69, 9.17) is 4.74 Å². The lowest BCUT2D eigenvalue weighted by Gasteiger charge is -2.15. The largest absolute Gasteiger partial charge is 0.376 e. The van der Waals surface area contributed by atoms with Crippen LogP contribution in [0.1, 0.15) is 18.4 Å². The second-order valence-electron chi connectivity index (χ2n) is 5.95. The van der Waals surface area contributed by atoms with Gasteiger partial charge in [0.2, 0.25) is 0 Å². The molecule has 0 spiro atoms. The summed E-state index contributed by atoms with van der Waals surface area (Å²) < 4.78 is 5.62. The second-order valence-corrected chi connectivity index (χ2v) is 5.95. The maximum absolute atomic E-state index is 5.62. The maximum atomic E-state index is 5.62. The molecule has 2 aromatic rings. The Bertz CT molecular complexity index is 662. The quantitative estimate of drug-likeness (QED) is 0.659. The van der Waals surface area contributed by atoms with Crippen molar-refractivity contribution >= 4 is 16.7 Å². The number of nitrogens with one attached hydrogen (secondary N) is 2. The summed E-state index contributed by atoms with van der Waals surface area (Å²) in [5.74, 6) is 0.848. The van der Waals surface area contributed by atoms with Crippen LogP contribution in [0.3, 0.4) is 0 Å². The van der Waals surface area contributed by atoms with Gasteiger partial charge in [0.25, 0.3) is 0 Å². The Kier molecular flexibility index (Phi) is 5.48. The molecule has 0 bridgehead atoms. The van der Waals surface area contributed by atoms with Gasteiger partial charge in [-0.3, -0.25) is 4.99 Å². The van der Waals surface area contributed by atoms with E-state index in [9.17, 15) is 0 Å². The van der Waals surface area contributed by atoms with E-state index in [2.05, 4.69) is 58.1 Å². The number of benzene rings is 2. The van der Waals surface area contributed by atoms with Gasteiger partial charge in [-0.05, 0) is 35.6 Å². The topological polar surface area (TPSA) is 45.7 Å². The van der Waals surface area contributed by atoms with Crippen LogP contribution < -0.4 is 10.6 Å². The van der Waals surface area contributed by atoms with Crippen molar-refractivity contribution in [2.24, 2.45) is 4.99 Å². The molecule has 1 unspecified atom stereocenters. The Morgan fingerprint density at radius 1 is 1.17 bits per heavy atom. The van der Waals surface area contributed by atoms with Crippen molar-refractivity contribution in [2.45, 2.75) is 25.4 Å². The van der Waals surface area contributed by atoms with Gasteiger partial charge in [-0.1, -0.05) is 42.5 Å². The molecule has 1 fully saturated rings. The molecule has 1 aliphatic heterocycles. The molecule has 0 saturated carbocycles. The predicted octanol–water partition coefficient (Wildman–Crippen LogP) is 2.73. The number of guanidine groups is 1. The number of nitrogens with zero attached hydrogens (tertiary/aromatic N) is 1. The fourth-order valence-corrected chi connectivity index (χ4v) is 2.96. The molecule has 3 rings (SSSR count).